The van der Waals surface area contributed by atoms with E-state index in [0.717, 1.165) is 6.42 Å². The highest BCUT2D eigenvalue weighted by atomic mass is 79.9. The minimum absolute atomic E-state index is 0.200. The van der Waals surface area contributed by atoms with Gasteiger partial charge in [0.05, 0.1) is 16.8 Å². The lowest BCUT2D eigenvalue weighted by Crippen LogP contribution is -2.00. The van der Waals surface area contributed by atoms with Crippen molar-refractivity contribution in [2.24, 2.45) is 0 Å². The summed E-state index contributed by atoms with van der Waals surface area (Å²) in [5.74, 6) is 0.498. The second-order valence-corrected chi connectivity index (χ2v) is 4.92. The highest BCUT2D eigenvalue weighted by Crippen LogP contribution is 2.34. The third kappa shape index (κ3) is 3.39. The van der Waals surface area contributed by atoms with Crippen LogP contribution in [-0.4, -0.2) is 11.6 Å². The highest BCUT2D eigenvalue weighted by Gasteiger charge is 2.12. The van der Waals surface area contributed by atoms with Crippen molar-refractivity contribution < 1.29 is 13.9 Å². The van der Waals surface area contributed by atoms with E-state index in [0.29, 0.717) is 18.0 Å². The van der Waals surface area contributed by atoms with Gasteiger partial charge in [-0.1, -0.05) is 6.92 Å². The third-order valence-electron chi connectivity index (χ3n) is 2.46. The number of hydrogen-bond donors (Lipinski definition) is 1. The normalized spacial score (nSPS) is 10.3. The van der Waals surface area contributed by atoms with Crippen LogP contribution in [-0.2, 0) is 0 Å². The lowest BCUT2D eigenvalue weighted by atomic mass is 10.3. The van der Waals surface area contributed by atoms with Gasteiger partial charge < -0.3 is 15.2 Å². The molecule has 2 aromatic rings. The van der Waals surface area contributed by atoms with E-state index in [4.69, 9.17) is 15.2 Å². The average Bonchev–Trinajstić information content (AvgIpc) is 2.44. The molecule has 0 spiro atoms. The summed E-state index contributed by atoms with van der Waals surface area (Å²) in [6.45, 7) is 2.55. The summed E-state index contributed by atoms with van der Waals surface area (Å²) < 4.78 is 24.9. The second kappa shape index (κ2) is 6.56. The van der Waals surface area contributed by atoms with Gasteiger partial charge in [0.25, 0.3) is 5.88 Å². The van der Waals surface area contributed by atoms with Crippen LogP contribution in [0.15, 0.2) is 34.9 Å². The standard InChI is InChI=1S/C14H14BrFN2O2/c1-2-6-19-12-4-3-5-18-14(12)20-13-8-10(16)9(15)7-11(13)17/h3-5,7-8H,2,6,17H2,1H3. The minimum atomic E-state index is -0.457. The van der Waals surface area contributed by atoms with Crippen LogP contribution in [0.25, 0.3) is 0 Å². The largest absolute Gasteiger partial charge is 0.488 e. The van der Waals surface area contributed by atoms with Crippen LogP contribution in [0.1, 0.15) is 13.3 Å². The fourth-order valence-corrected chi connectivity index (χ4v) is 1.87. The number of aromatic nitrogens is 1. The van der Waals surface area contributed by atoms with E-state index in [-0.39, 0.29) is 16.1 Å². The molecule has 4 nitrogen and oxygen atoms in total. The van der Waals surface area contributed by atoms with Crippen molar-refractivity contribution in [3.63, 3.8) is 0 Å². The molecule has 1 aromatic heterocycles. The molecule has 1 heterocycles. The fourth-order valence-electron chi connectivity index (χ4n) is 1.51. The number of nitrogens with zero attached hydrogens (tertiary/aromatic N) is 1. The van der Waals surface area contributed by atoms with Crippen molar-refractivity contribution in [2.75, 3.05) is 12.3 Å². The molecule has 0 saturated heterocycles. The summed E-state index contributed by atoms with van der Waals surface area (Å²) in [7, 11) is 0. The van der Waals surface area contributed by atoms with E-state index in [2.05, 4.69) is 20.9 Å². The summed E-state index contributed by atoms with van der Waals surface area (Å²) in [5, 5.41) is 0. The van der Waals surface area contributed by atoms with Crippen LogP contribution in [0.2, 0.25) is 0 Å². The van der Waals surface area contributed by atoms with Crippen LogP contribution in [0.5, 0.6) is 17.4 Å². The summed E-state index contributed by atoms with van der Waals surface area (Å²) in [5.41, 5.74) is 6.11. The second-order valence-electron chi connectivity index (χ2n) is 4.06. The van der Waals surface area contributed by atoms with Crippen molar-refractivity contribution in [1.29, 1.82) is 0 Å². The van der Waals surface area contributed by atoms with Crippen molar-refractivity contribution in [3.05, 3.63) is 40.8 Å². The Morgan fingerprint density at radius 1 is 1.35 bits per heavy atom. The molecule has 0 atom stereocenters. The molecule has 0 saturated carbocycles. The molecule has 0 bridgehead atoms. The van der Waals surface area contributed by atoms with Crippen LogP contribution >= 0.6 is 15.9 Å². The summed E-state index contributed by atoms with van der Waals surface area (Å²) in [6, 6.07) is 6.13. The van der Waals surface area contributed by atoms with Gasteiger partial charge in [-0.15, -0.1) is 0 Å². The SMILES string of the molecule is CCCOc1cccnc1Oc1cc(F)c(Br)cc1N. The Bertz CT molecular complexity index is 608. The van der Waals surface area contributed by atoms with Crippen molar-refractivity contribution in [2.45, 2.75) is 13.3 Å². The molecular weight excluding hydrogens is 327 g/mol. The molecule has 0 aliphatic rings. The number of rotatable bonds is 5. The lowest BCUT2D eigenvalue weighted by molar-refractivity contribution is 0.298. The Hall–Kier alpha value is -1.82. The van der Waals surface area contributed by atoms with E-state index in [9.17, 15) is 4.39 Å². The number of anilines is 1. The molecule has 0 unspecified atom stereocenters. The van der Waals surface area contributed by atoms with Gasteiger partial charge in [0.1, 0.15) is 5.82 Å². The maximum Gasteiger partial charge on any atom is 0.262 e. The molecule has 106 valence electrons. The monoisotopic (exact) mass is 340 g/mol. The minimum Gasteiger partial charge on any atom is -0.488 e. The smallest absolute Gasteiger partial charge is 0.262 e. The van der Waals surface area contributed by atoms with E-state index in [1.54, 1.807) is 18.3 Å². The Balaban J connectivity index is 2.28. The Kier molecular flexibility index (Phi) is 4.79. The predicted octanol–water partition coefficient (Wildman–Crippen LogP) is 4.15. The molecule has 2 N–H and O–H groups in total. The first kappa shape index (κ1) is 14.6. The van der Waals surface area contributed by atoms with Crippen molar-refractivity contribution in [1.82, 2.24) is 4.98 Å². The topological polar surface area (TPSA) is 57.4 Å². The molecule has 2 rings (SSSR count). The number of hydrogen-bond acceptors (Lipinski definition) is 4. The number of nitrogens with two attached hydrogens (primary N) is 1. The molecule has 0 radical (unpaired) electrons. The van der Waals surface area contributed by atoms with E-state index in [1.807, 2.05) is 6.92 Å². The number of pyridine rings is 1. The van der Waals surface area contributed by atoms with Crippen LogP contribution < -0.4 is 15.2 Å². The van der Waals surface area contributed by atoms with E-state index < -0.39 is 5.82 Å². The molecule has 0 aliphatic carbocycles. The van der Waals surface area contributed by atoms with Crippen LogP contribution in [0, 0.1) is 5.82 Å². The van der Waals surface area contributed by atoms with Gasteiger partial charge in [0, 0.05) is 12.3 Å². The van der Waals surface area contributed by atoms with Gasteiger partial charge in [0.2, 0.25) is 0 Å². The number of nitrogen functional groups attached to an aromatic ring is 1. The first-order chi connectivity index (χ1) is 9.61. The summed E-state index contributed by atoms with van der Waals surface area (Å²) in [6.07, 6.45) is 2.43. The van der Waals surface area contributed by atoms with Crippen LogP contribution in [0.4, 0.5) is 10.1 Å². The lowest BCUT2D eigenvalue weighted by Gasteiger charge is -2.12. The average molecular weight is 341 g/mol. The molecule has 0 aliphatic heterocycles. The van der Waals surface area contributed by atoms with Crippen molar-refractivity contribution in [3.8, 4) is 17.4 Å². The van der Waals surface area contributed by atoms with Gasteiger partial charge in [-0.25, -0.2) is 9.37 Å². The zero-order chi connectivity index (χ0) is 14.5. The number of ether oxygens (including phenoxy) is 2. The number of benzene rings is 1. The fraction of sp³-hybridized carbons (Fsp3) is 0.214. The predicted molar refractivity (Wildman–Crippen MR) is 78.6 cm³/mol. The zero-order valence-electron chi connectivity index (χ0n) is 10.9. The third-order valence-corrected chi connectivity index (χ3v) is 3.06. The van der Waals surface area contributed by atoms with E-state index in [1.165, 1.54) is 12.1 Å². The molecule has 0 amide bonds. The van der Waals surface area contributed by atoms with Gasteiger partial charge in [-0.05, 0) is 40.5 Å². The maximum absolute atomic E-state index is 13.5. The first-order valence-corrected chi connectivity index (χ1v) is 6.91. The van der Waals surface area contributed by atoms with Gasteiger partial charge in [-0.2, -0.15) is 0 Å². The van der Waals surface area contributed by atoms with Gasteiger partial charge in [-0.3, -0.25) is 0 Å². The summed E-state index contributed by atoms with van der Waals surface area (Å²) >= 11 is 3.06. The quantitative estimate of drug-likeness (QED) is 0.830. The van der Waals surface area contributed by atoms with Gasteiger partial charge >= 0.3 is 0 Å². The van der Waals surface area contributed by atoms with Crippen LogP contribution in [0.3, 0.4) is 0 Å². The first-order valence-electron chi connectivity index (χ1n) is 6.12. The molecule has 6 heteroatoms. The molecule has 0 fully saturated rings. The molecular formula is C14H14BrFN2O2. The Morgan fingerprint density at radius 3 is 2.90 bits per heavy atom. The summed E-state index contributed by atoms with van der Waals surface area (Å²) in [4.78, 5) is 4.08. The molecule has 20 heavy (non-hydrogen) atoms. The number of halogens is 2. The Labute approximate surface area is 124 Å². The van der Waals surface area contributed by atoms with Crippen molar-refractivity contribution >= 4 is 21.6 Å². The maximum atomic E-state index is 13.5. The highest BCUT2D eigenvalue weighted by molar-refractivity contribution is 9.10. The molecule has 1 aromatic carbocycles. The van der Waals surface area contributed by atoms with Gasteiger partial charge in [0.15, 0.2) is 11.5 Å². The van der Waals surface area contributed by atoms with E-state index >= 15 is 0 Å². The Morgan fingerprint density at radius 2 is 2.15 bits per heavy atom. The zero-order valence-corrected chi connectivity index (χ0v) is 12.5.